The summed E-state index contributed by atoms with van der Waals surface area (Å²) in [4.78, 5) is 34.9. The molecule has 0 aliphatic rings. The Hall–Kier alpha value is -2.33. The largest absolute Gasteiger partial charge is 0.472 e. The summed E-state index contributed by atoms with van der Waals surface area (Å²) >= 11 is 0. The molecule has 55 heavy (non-hydrogen) atoms. The lowest BCUT2D eigenvalue weighted by atomic mass is 10.1. The van der Waals surface area contributed by atoms with Gasteiger partial charge in [0.2, 0.25) is 0 Å². The molecular weight excluding hydrogens is 719 g/mol. The van der Waals surface area contributed by atoms with E-state index >= 15 is 0 Å². The van der Waals surface area contributed by atoms with E-state index in [4.69, 9.17) is 19.1 Å². The van der Waals surface area contributed by atoms with Crippen molar-refractivity contribution in [3.63, 3.8) is 0 Å². The second-order valence-electron chi connectivity index (χ2n) is 14.0. The highest BCUT2D eigenvalue weighted by molar-refractivity contribution is 7.47. The third kappa shape index (κ3) is 39.7. The monoisotopic (exact) mass is 797 g/mol. The summed E-state index contributed by atoms with van der Waals surface area (Å²) in [5, 5.41) is 18.3. The summed E-state index contributed by atoms with van der Waals surface area (Å²) in [7, 11) is -4.63. The minimum atomic E-state index is -4.63. The number of esters is 2. The van der Waals surface area contributed by atoms with Crippen molar-refractivity contribution in [1.29, 1.82) is 0 Å². The van der Waals surface area contributed by atoms with Gasteiger partial charge in [-0.25, -0.2) is 4.57 Å². The smallest absolute Gasteiger partial charge is 0.462 e. The molecule has 0 aliphatic heterocycles. The topological polar surface area (TPSA) is 149 Å². The number of aliphatic hydroxyl groups excluding tert-OH is 2. The van der Waals surface area contributed by atoms with Gasteiger partial charge in [-0.1, -0.05) is 132 Å². The lowest BCUT2D eigenvalue weighted by molar-refractivity contribution is -0.161. The first-order valence-electron chi connectivity index (χ1n) is 21.2. The maximum Gasteiger partial charge on any atom is 0.472 e. The normalized spacial score (nSPS) is 14.5. The van der Waals surface area contributed by atoms with Crippen molar-refractivity contribution in [3.8, 4) is 0 Å². The first-order chi connectivity index (χ1) is 26.7. The van der Waals surface area contributed by atoms with Crippen molar-refractivity contribution in [1.82, 2.24) is 0 Å². The van der Waals surface area contributed by atoms with Crippen LogP contribution < -0.4 is 0 Å². The van der Waals surface area contributed by atoms with E-state index in [0.29, 0.717) is 12.8 Å². The molecule has 0 heterocycles. The van der Waals surface area contributed by atoms with E-state index in [-0.39, 0.29) is 19.4 Å². The molecule has 11 heteroatoms. The first kappa shape index (κ1) is 52.7. The lowest BCUT2D eigenvalue weighted by Crippen LogP contribution is -2.29. The molecule has 0 saturated carbocycles. The van der Waals surface area contributed by atoms with E-state index in [9.17, 15) is 24.2 Å². The van der Waals surface area contributed by atoms with Gasteiger partial charge in [0.25, 0.3) is 0 Å². The third-order valence-electron chi connectivity index (χ3n) is 8.64. The number of allylic oxidation sites excluding steroid dienone is 10. The van der Waals surface area contributed by atoms with Crippen LogP contribution in [0.1, 0.15) is 168 Å². The SMILES string of the molecule is CCCCCC=CCC=CCC=CCC=CCCCCCC(=O)OC(COC(=O)CCCCCCCC=CCCCCCC)COP(=O)(O)OCC(O)CO. The highest BCUT2D eigenvalue weighted by Gasteiger charge is 2.27. The number of aliphatic hydroxyl groups is 2. The fourth-order valence-corrected chi connectivity index (χ4v) is 6.11. The van der Waals surface area contributed by atoms with Crippen molar-refractivity contribution < 1.29 is 47.8 Å². The summed E-state index contributed by atoms with van der Waals surface area (Å²) < 4.78 is 32.6. The minimum Gasteiger partial charge on any atom is -0.462 e. The van der Waals surface area contributed by atoms with Crippen LogP contribution in [0.2, 0.25) is 0 Å². The number of phosphoric ester groups is 1. The van der Waals surface area contributed by atoms with Crippen LogP contribution in [-0.2, 0) is 32.7 Å². The maximum absolute atomic E-state index is 12.6. The molecule has 0 fully saturated rings. The van der Waals surface area contributed by atoms with Gasteiger partial charge in [0.15, 0.2) is 6.10 Å². The Morgan fingerprint density at radius 3 is 1.49 bits per heavy atom. The number of phosphoric acid groups is 1. The van der Waals surface area contributed by atoms with Crippen molar-refractivity contribution in [2.75, 3.05) is 26.4 Å². The zero-order valence-corrected chi connectivity index (χ0v) is 35.3. The average Bonchev–Trinajstić information content (AvgIpc) is 3.17. The first-order valence-corrected chi connectivity index (χ1v) is 22.7. The number of hydrogen-bond acceptors (Lipinski definition) is 9. The molecule has 3 atom stereocenters. The second-order valence-corrected chi connectivity index (χ2v) is 15.5. The number of carbonyl (C=O) groups is 2. The van der Waals surface area contributed by atoms with Crippen LogP contribution in [0.3, 0.4) is 0 Å². The van der Waals surface area contributed by atoms with Gasteiger partial charge in [0, 0.05) is 12.8 Å². The van der Waals surface area contributed by atoms with E-state index in [1.165, 1.54) is 51.4 Å². The standard InChI is InChI=1S/C44H77O10P/c1-3-5-7-9-11-13-15-17-18-19-20-21-22-24-26-28-30-32-34-36-44(48)54-42(40-53-55(49,50)52-38-41(46)37-45)39-51-43(47)35-33-31-29-27-25-23-16-14-12-10-8-6-4-2/h11,13-14,16-18,20-21,24,26,41-42,45-46H,3-10,12,15,19,22-23,25,27-40H2,1-2H3,(H,49,50). The van der Waals surface area contributed by atoms with Crippen LogP contribution in [0.25, 0.3) is 0 Å². The number of ether oxygens (including phenoxy) is 2. The van der Waals surface area contributed by atoms with Gasteiger partial charge in [-0.05, 0) is 83.5 Å². The second kappa shape index (κ2) is 39.9. The van der Waals surface area contributed by atoms with Crippen molar-refractivity contribution in [3.05, 3.63) is 60.8 Å². The van der Waals surface area contributed by atoms with Gasteiger partial charge in [-0.15, -0.1) is 0 Å². The summed E-state index contributed by atoms with van der Waals surface area (Å²) in [6.45, 7) is 2.27. The molecule has 3 unspecified atom stereocenters. The van der Waals surface area contributed by atoms with Gasteiger partial charge >= 0.3 is 19.8 Å². The van der Waals surface area contributed by atoms with Crippen molar-refractivity contribution >= 4 is 19.8 Å². The molecular formula is C44H77O10P. The molecule has 0 saturated heterocycles. The lowest BCUT2D eigenvalue weighted by Gasteiger charge is -2.20. The Morgan fingerprint density at radius 2 is 0.945 bits per heavy atom. The highest BCUT2D eigenvalue weighted by Crippen LogP contribution is 2.43. The van der Waals surface area contributed by atoms with Crippen LogP contribution in [-0.4, -0.2) is 65.7 Å². The van der Waals surface area contributed by atoms with Crippen LogP contribution in [0.5, 0.6) is 0 Å². The van der Waals surface area contributed by atoms with E-state index in [2.05, 4.69) is 79.1 Å². The van der Waals surface area contributed by atoms with Crippen molar-refractivity contribution in [2.24, 2.45) is 0 Å². The molecule has 0 aromatic heterocycles. The molecule has 0 bridgehead atoms. The molecule has 0 spiro atoms. The maximum atomic E-state index is 12.6. The van der Waals surface area contributed by atoms with E-state index < -0.39 is 51.8 Å². The van der Waals surface area contributed by atoms with Crippen molar-refractivity contribution in [2.45, 2.75) is 180 Å². The Labute approximate surface area is 334 Å². The number of hydrogen-bond donors (Lipinski definition) is 3. The molecule has 10 nitrogen and oxygen atoms in total. The van der Waals surface area contributed by atoms with Gasteiger partial charge in [-0.3, -0.25) is 18.6 Å². The number of rotatable bonds is 39. The van der Waals surface area contributed by atoms with Gasteiger partial charge in [-0.2, -0.15) is 0 Å². The molecule has 0 aliphatic carbocycles. The molecule has 3 N–H and O–H groups in total. The van der Waals surface area contributed by atoms with Crippen LogP contribution in [0.4, 0.5) is 0 Å². The van der Waals surface area contributed by atoms with Gasteiger partial charge in [0.1, 0.15) is 12.7 Å². The van der Waals surface area contributed by atoms with Crippen LogP contribution in [0.15, 0.2) is 60.8 Å². The zero-order valence-electron chi connectivity index (χ0n) is 34.4. The minimum absolute atomic E-state index is 0.143. The Bertz CT molecular complexity index is 1100. The number of unbranched alkanes of at least 4 members (excludes halogenated alkanes) is 15. The molecule has 0 rings (SSSR count). The summed E-state index contributed by atoms with van der Waals surface area (Å²) in [6, 6.07) is 0. The predicted molar refractivity (Wildman–Crippen MR) is 224 cm³/mol. The van der Waals surface area contributed by atoms with E-state index in [0.717, 1.165) is 77.0 Å². The molecule has 0 amide bonds. The van der Waals surface area contributed by atoms with Gasteiger partial charge in [0.05, 0.1) is 19.8 Å². The van der Waals surface area contributed by atoms with E-state index in [1.807, 2.05) is 0 Å². The average molecular weight is 797 g/mol. The fourth-order valence-electron chi connectivity index (χ4n) is 5.32. The Morgan fingerprint density at radius 1 is 0.545 bits per heavy atom. The molecule has 0 radical (unpaired) electrons. The Kier molecular flexibility index (Phi) is 38.2. The molecule has 0 aromatic carbocycles. The van der Waals surface area contributed by atoms with Crippen LogP contribution >= 0.6 is 7.82 Å². The summed E-state index contributed by atoms with van der Waals surface area (Å²) in [6.07, 6.45) is 43.3. The fraction of sp³-hybridized carbons (Fsp3) is 0.727. The predicted octanol–water partition coefficient (Wildman–Crippen LogP) is 11.1. The zero-order chi connectivity index (χ0) is 40.5. The number of carbonyl (C=O) groups excluding carboxylic acids is 2. The summed E-state index contributed by atoms with van der Waals surface area (Å²) in [5.74, 6) is -0.975. The summed E-state index contributed by atoms with van der Waals surface area (Å²) in [5.41, 5.74) is 0. The third-order valence-corrected chi connectivity index (χ3v) is 9.60. The van der Waals surface area contributed by atoms with Crippen LogP contribution in [0, 0.1) is 0 Å². The highest BCUT2D eigenvalue weighted by atomic mass is 31.2. The quantitative estimate of drug-likeness (QED) is 0.0237. The molecule has 318 valence electrons. The van der Waals surface area contributed by atoms with Gasteiger partial charge < -0.3 is 24.6 Å². The molecule has 0 aromatic rings. The Balaban J connectivity index is 4.40. The van der Waals surface area contributed by atoms with E-state index in [1.54, 1.807) is 0 Å².